The Morgan fingerprint density at radius 3 is 2.33 bits per heavy atom. The van der Waals surface area contributed by atoms with Crippen LogP contribution in [-0.2, 0) is 6.18 Å². The highest BCUT2D eigenvalue weighted by molar-refractivity contribution is 5.92. The molecule has 0 unspecified atom stereocenters. The van der Waals surface area contributed by atoms with Crippen LogP contribution in [-0.4, -0.2) is 16.1 Å². The van der Waals surface area contributed by atoms with E-state index in [4.69, 9.17) is 10.4 Å². The van der Waals surface area contributed by atoms with E-state index < -0.39 is 41.1 Å². The predicted molar refractivity (Wildman–Crippen MR) is 45.9 cm³/mol. The Balaban J connectivity index is 3.66. The maximum atomic E-state index is 12.5. The van der Waals surface area contributed by atoms with Crippen LogP contribution in [0.15, 0.2) is 6.07 Å². The summed E-state index contributed by atoms with van der Waals surface area (Å²) < 4.78 is 61.9. The lowest BCUT2D eigenvalue weighted by atomic mass is 10.1. The topological polar surface area (TPSA) is 74.0 Å². The number of carboxylic acids is 1. The quantitative estimate of drug-likeness (QED) is 0.835. The van der Waals surface area contributed by atoms with Gasteiger partial charge in [0.15, 0.2) is 0 Å². The van der Waals surface area contributed by atoms with Gasteiger partial charge in [0.25, 0.3) is 6.43 Å². The first-order valence-corrected chi connectivity index (χ1v) is 4.22. The molecule has 1 N–H and O–H groups in total. The van der Waals surface area contributed by atoms with Crippen LogP contribution in [0.2, 0.25) is 0 Å². The first kappa shape index (κ1) is 13.8. The lowest BCUT2D eigenvalue weighted by Gasteiger charge is -2.11. The maximum absolute atomic E-state index is 12.5. The fourth-order valence-corrected chi connectivity index (χ4v) is 1.18. The highest BCUT2D eigenvalue weighted by Crippen LogP contribution is 2.32. The van der Waals surface area contributed by atoms with Gasteiger partial charge in [-0.1, -0.05) is 0 Å². The second-order valence-electron chi connectivity index (χ2n) is 3.03. The molecule has 9 heteroatoms. The highest BCUT2D eigenvalue weighted by atomic mass is 19.4. The third kappa shape index (κ3) is 2.53. The molecular formula is C9H3F5N2O2. The molecule has 0 radical (unpaired) electrons. The fraction of sp³-hybridized carbons (Fsp3) is 0.222. The van der Waals surface area contributed by atoms with Crippen LogP contribution >= 0.6 is 0 Å². The van der Waals surface area contributed by atoms with Gasteiger partial charge in [-0.3, -0.25) is 0 Å². The van der Waals surface area contributed by atoms with Crippen molar-refractivity contribution in [3.05, 3.63) is 28.6 Å². The number of alkyl halides is 5. The predicted octanol–water partition coefficient (Wildman–Crippen LogP) is 2.61. The maximum Gasteiger partial charge on any atom is 0.433 e. The number of carboxylic acid groups (broad SMARTS) is 1. The Morgan fingerprint density at radius 1 is 1.44 bits per heavy atom. The molecule has 0 fully saturated rings. The van der Waals surface area contributed by atoms with Crippen molar-refractivity contribution in [1.82, 2.24) is 4.98 Å². The number of aromatic carboxylic acids is 1. The summed E-state index contributed by atoms with van der Waals surface area (Å²) in [6.45, 7) is 0. The van der Waals surface area contributed by atoms with E-state index in [1.807, 2.05) is 0 Å². The molecule has 0 amide bonds. The van der Waals surface area contributed by atoms with Crippen molar-refractivity contribution in [2.45, 2.75) is 12.6 Å². The summed E-state index contributed by atoms with van der Waals surface area (Å²) in [5, 5.41) is 17.1. The molecule has 0 aliphatic heterocycles. The third-order valence-corrected chi connectivity index (χ3v) is 1.88. The van der Waals surface area contributed by atoms with Gasteiger partial charge in [-0.25, -0.2) is 18.6 Å². The summed E-state index contributed by atoms with van der Waals surface area (Å²) >= 11 is 0. The molecule has 1 heterocycles. The molecule has 18 heavy (non-hydrogen) atoms. The molecule has 96 valence electrons. The summed E-state index contributed by atoms with van der Waals surface area (Å²) in [6, 6.07) is 1.25. The zero-order valence-corrected chi connectivity index (χ0v) is 8.29. The lowest BCUT2D eigenvalue weighted by molar-refractivity contribution is -0.141. The van der Waals surface area contributed by atoms with Crippen molar-refractivity contribution >= 4 is 5.97 Å². The summed E-state index contributed by atoms with van der Waals surface area (Å²) in [5.41, 5.74) is -5.55. The van der Waals surface area contributed by atoms with E-state index in [1.54, 1.807) is 0 Å². The van der Waals surface area contributed by atoms with Gasteiger partial charge in [-0.05, 0) is 6.07 Å². The van der Waals surface area contributed by atoms with E-state index in [9.17, 15) is 26.7 Å². The van der Waals surface area contributed by atoms with Gasteiger partial charge < -0.3 is 5.11 Å². The van der Waals surface area contributed by atoms with E-state index >= 15 is 0 Å². The van der Waals surface area contributed by atoms with E-state index in [1.165, 1.54) is 0 Å². The summed E-state index contributed by atoms with van der Waals surface area (Å²) in [5.74, 6) is -1.94. The molecule has 0 aromatic carbocycles. The second kappa shape index (κ2) is 4.56. The molecule has 1 aromatic rings. The molecule has 4 nitrogen and oxygen atoms in total. The number of halogens is 5. The number of rotatable bonds is 2. The molecule has 0 atom stereocenters. The molecule has 0 aliphatic rings. The lowest BCUT2D eigenvalue weighted by Crippen LogP contribution is -2.15. The van der Waals surface area contributed by atoms with Crippen LogP contribution < -0.4 is 0 Å². The molecule has 1 aromatic heterocycles. The molecule has 0 spiro atoms. The molecule has 0 saturated carbocycles. The van der Waals surface area contributed by atoms with E-state index in [-0.39, 0.29) is 6.07 Å². The number of nitrogens with zero attached hydrogens (tertiary/aromatic N) is 2. The molecule has 0 aliphatic carbocycles. The number of hydrogen-bond acceptors (Lipinski definition) is 3. The van der Waals surface area contributed by atoms with E-state index in [0.29, 0.717) is 0 Å². The van der Waals surface area contributed by atoms with E-state index in [0.717, 1.165) is 6.07 Å². The number of nitriles is 1. The summed E-state index contributed by atoms with van der Waals surface area (Å²) in [7, 11) is 0. The zero-order valence-electron chi connectivity index (χ0n) is 8.29. The first-order chi connectivity index (χ1) is 8.18. The Bertz CT molecular complexity index is 533. The normalized spacial score (nSPS) is 11.4. The standard InChI is InChI=1S/C9H3F5N2O2/c10-7(11)6-5(8(17)18)3(2-15)1-4(16-6)9(12,13)14/h1,7H,(H,17,18). The van der Waals surface area contributed by atoms with Crippen molar-refractivity contribution in [3.63, 3.8) is 0 Å². The van der Waals surface area contributed by atoms with E-state index in [2.05, 4.69) is 4.98 Å². The third-order valence-electron chi connectivity index (χ3n) is 1.88. The summed E-state index contributed by atoms with van der Waals surface area (Å²) in [4.78, 5) is 13.2. The van der Waals surface area contributed by atoms with Gasteiger partial charge in [0.1, 0.15) is 23.0 Å². The van der Waals surface area contributed by atoms with Gasteiger partial charge in [0.2, 0.25) is 0 Å². The molecular weight excluding hydrogens is 263 g/mol. The smallest absolute Gasteiger partial charge is 0.433 e. The minimum Gasteiger partial charge on any atom is -0.478 e. The van der Waals surface area contributed by atoms with Crippen LogP contribution in [0.25, 0.3) is 0 Å². The van der Waals surface area contributed by atoms with Crippen molar-refractivity contribution in [1.29, 1.82) is 5.26 Å². The number of hydrogen-bond donors (Lipinski definition) is 1. The van der Waals surface area contributed by atoms with Gasteiger partial charge >= 0.3 is 12.1 Å². The zero-order chi connectivity index (χ0) is 14.1. The van der Waals surface area contributed by atoms with Crippen molar-refractivity contribution in [3.8, 4) is 6.07 Å². The molecule has 1 rings (SSSR count). The Morgan fingerprint density at radius 2 is 2.00 bits per heavy atom. The van der Waals surface area contributed by atoms with Crippen LogP contribution in [0.3, 0.4) is 0 Å². The molecule has 0 bridgehead atoms. The Hall–Kier alpha value is -2.24. The highest BCUT2D eigenvalue weighted by Gasteiger charge is 2.36. The van der Waals surface area contributed by atoms with Gasteiger partial charge in [0, 0.05) is 0 Å². The average Bonchev–Trinajstić information content (AvgIpc) is 2.25. The van der Waals surface area contributed by atoms with Crippen molar-refractivity contribution < 1.29 is 31.9 Å². The second-order valence-corrected chi connectivity index (χ2v) is 3.03. The monoisotopic (exact) mass is 266 g/mol. The average molecular weight is 266 g/mol. The SMILES string of the molecule is N#Cc1cc(C(F)(F)F)nc(C(F)F)c1C(=O)O. The fourth-order valence-electron chi connectivity index (χ4n) is 1.18. The van der Waals surface area contributed by atoms with Crippen LogP contribution in [0.1, 0.15) is 33.7 Å². The minimum atomic E-state index is -5.05. The van der Waals surface area contributed by atoms with Crippen molar-refractivity contribution in [2.75, 3.05) is 0 Å². The van der Waals surface area contributed by atoms with Crippen molar-refractivity contribution in [2.24, 2.45) is 0 Å². The van der Waals surface area contributed by atoms with Crippen LogP contribution in [0.5, 0.6) is 0 Å². The van der Waals surface area contributed by atoms with Crippen LogP contribution in [0.4, 0.5) is 22.0 Å². The van der Waals surface area contributed by atoms with Gasteiger partial charge in [-0.15, -0.1) is 0 Å². The first-order valence-electron chi connectivity index (χ1n) is 4.22. The number of carbonyl (C=O) groups is 1. The minimum absolute atomic E-state index is 0.120. The number of aromatic nitrogens is 1. The van der Waals surface area contributed by atoms with Gasteiger partial charge in [0.05, 0.1) is 5.56 Å². The summed E-state index contributed by atoms with van der Waals surface area (Å²) in [6.07, 6.45) is -8.59. The van der Waals surface area contributed by atoms with Gasteiger partial charge in [-0.2, -0.15) is 18.4 Å². The number of pyridine rings is 1. The largest absolute Gasteiger partial charge is 0.478 e. The Labute approximate surface area is 96.3 Å². The molecule has 0 saturated heterocycles. The Kier molecular flexibility index (Phi) is 3.50. The van der Waals surface area contributed by atoms with Crippen LogP contribution in [0, 0.1) is 11.3 Å².